The number of amides is 1. The van der Waals surface area contributed by atoms with Gasteiger partial charge in [-0.25, -0.2) is 9.97 Å². The lowest BCUT2D eigenvalue weighted by atomic mass is 10.3. The van der Waals surface area contributed by atoms with E-state index in [2.05, 4.69) is 15.3 Å². The zero-order valence-electron chi connectivity index (χ0n) is 9.90. The first-order chi connectivity index (χ1) is 8.04. The molecule has 90 valence electrons. The number of thiazole rings is 1. The highest BCUT2D eigenvalue weighted by Gasteiger charge is 2.12. The number of aromatic nitrogens is 2. The van der Waals surface area contributed by atoms with Crippen LogP contribution >= 0.6 is 11.3 Å². The van der Waals surface area contributed by atoms with E-state index in [-0.39, 0.29) is 12.3 Å². The van der Waals surface area contributed by atoms with Crippen molar-refractivity contribution >= 4 is 22.4 Å². The third-order valence-corrected chi connectivity index (χ3v) is 3.06. The number of nitrogens with zero attached hydrogens (tertiary/aromatic N) is 2. The van der Waals surface area contributed by atoms with Crippen LogP contribution in [0.5, 0.6) is 0 Å². The predicted molar refractivity (Wildman–Crippen MR) is 65.2 cm³/mol. The Morgan fingerprint density at radius 2 is 2.18 bits per heavy atom. The number of oxazole rings is 1. The van der Waals surface area contributed by atoms with Crippen molar-refractivity contribution in [2.45, 2.75) is 27.2 Å². The quantitative estimate of drug-likeness (QED) is 0.908. The predicted octanol–water partition coefficient (Wildman–Crippen LogP) is 2.24. The van der Waals surface area contributed by atoms with Crippen molar-refractivity contribution in [1.29, 1.82) is 0 Å². The molecule has 0 aliphatic rings. The first kappa shape index (κ1) is 11.8. The molecule has 2 rings (SSSR count). The number of aryl methyl sites for hydroxylation is 3. The monoisotopic (exact) mass is 251 g/mol. The molecule has 0 unspecified atom stereocenters. The standard InChI is InChI=1S/C11H13N3O2S/c1-6-5-17-11(12-6)14-10(15)4-9-7(2)13-8(3)16-9/h5H,4H2,1-3H3,(H,12,14,15). The van der Waals surface area contributed by atoms with Crippen molar-refractivity contribution in [3.8, 4) is 0 Å². The molecule has 2 aromatic rings. The van der Waals surface area contributed by atoms with Crippen molar-refractivity contribution in [2.24, 2.45) is 0 Å². The van der Waals surface area contributed by atoms with E-state index in [0.29, 0.717) is 16.8 Å². The minimum atomic E-state index is -0.140. The second kappa shape index (κ2) is 4.67. The third kappa shape index (κ3) is 2.91. The van der Waals surface area contributed by atoms with Crippen LogP contribution in [-0.4, -0.2) is 15.9 Å². The Hall–Kier alpha value is -1.69. The minimum absolute atomic E-state index is 0.140. The summed E-state index contributed by atoms with van der Waals surface area (Å²) in [4.78, 5) is 20.0. The van der Waals surface area contributed by atoms with Crippen molar-refractivity contribution in [3.63, 3.8) is 0 Å². The molecule has 1 amide bonds. The van der Waals surface area contributed by atoms with Crippen LogP contribution in [-0.2, 0) is 11.2 Å². The van der Waals surface area contributed by atoms with Gasteiger partial charge >= 0.3 is 0 Å². The molecule has 1 N–H and O–H groups in total. The summed E-state index contributed by atoms with van der Waals surface area (Å²) >= 11 is 1.41. The molecule has 17 heavy (non-hydrogen) atoms. The van der Waals surface area contributed by atoms with Crippen LogP contribution in [0.1, 0.15) is 23.0 Å². The Bertz CT molecular complexity index is 545. The van der Waals surface area contributed by atoms with Crippen LogP contribution in [0.3, 0.4) is 0 Å². The van der Waals surface area contributed by atoms with Gasteiger partial charge in [0.2, 0.25) is 5.91 Å². The highest BCUT2D eigenvalue weighted by atomic mass is 32.1. The highest BCUT2D eigenvalue weighted by Crippen LogP contribution is 2.16. The Labute approximate surface area is 103 Å². The van der Waals surface area contributed by atoms with Crippen LogP contribution in [0, 0.1) is 20.8 Å². The maximum atomic E-state index is 11.7. The lowest BCUT2D eigenvalue weighted by Gasteiger charge is -1.99. The van der Waals surface area contributed by atoms with Gasteiger partial charge in [-0.3, -0.25) is 4.79 Å². The summed E-state index contributed by atoms with van der Waals surface area (Å²) < 4.78 is 5.34. The molecule has 5 nitrogen and oxygen atoms in total. The van der Waals surface area contributed by atoms with Crippen LogP contribution in [0.4, 0.5) is 5.13 Å². The molecule has 6 heteroatoms. The second-order valence-electron chi connectivity index (χ2n) is 3.76. The molecule has 0 aliphatic carbocycles. The summed E-state index contributed by atoms with van der Waals surface area (Å²) in [6, 6.07) is 0. The second-order valence-corrected chi connectivity index (χ2v) is 4.62. The first-order valence-electron chi connectivity index (χ1n) is 5.19. The van der Waals surface area contributed by atoms with Gasteiger partial charge in [-0.2, -0.15) is 0 Å². The molecule has 0 saturated carbocycles. The Morgan fingerprint density at radius 1 is 1.41 bits per heavy atom. The summed E-state index contributed by atoms with van der Waals surface area (Å²) in [5.41, 5.74) is 1.66. The maximum absolute atomic E-state index is 11.7. The Balaban J connectivity index is 2.00. The molecule has 0 aliphatic heterocycles. The molecule has 0 fully saturated rings. The molecule has 2 aromatic heterocycles. The van der Waals surface area contributed by atoms with Gasteiger partial charge in [-0.05, 0) is 13.8 Å². The van der Waals surface area contributed by atoms with E-state index >= 15 is 0 Å². The fourth-order valence-corrected chi connectivity index (χ4v) is 2.16. The molecule has 0 radical (unpaired) electrons. The number of hydrogen-bond acceptors (Lipinski definition) is 5. The number of nitrogens with one attached hydrogen (secondary N) is 1. The van der Waals surface area contributed by atoms with Crippen molar-refractivity contribution in [1.82, 2.24) is 9.97 Å². The SMILES string of the molecule is Cc1csc(NC(=O)Cc2oc(C)nc2C)n1. The number of carbonyl (C=O) groups is 1. The lowest BCUT2D eigenvalue weighted by molar-refractivity contribution is -0.115. The Kier molecular flexibility index (Phi) is 3.23. The van der Waals surface area contributed by atoms with Gasteiger partial charge in [0, 0.05) is 12.3 Å². The molecule has 0 aromatic carbocycles. The number of rotatable bonds is 3. The topological polar surface area (TPSA) is 68.0 Å². The summed E-state index contributed by atoms with van der Waals surface area (Å²) in [5, 5.41) is 5.23. The van der Waals surface area contributed by atoms with E-state index in [0.717, 1.165) is 11.4 Å². The third-order valence-electron chi connectivity index (χ3n) is 2.19. The van der Waals surface area contributed by atoms with Crippen molar-refractivity contribution in [2.75, 3.05) is 5.32 Å². The van der Waals surface area contributed by atoms with Gasteiger partial charge < -0.3 is 9.73 Å². The summed E-state index contributed by atoms with van der Waals surface area (Å²) in [6.45, 7) is 5.47. The first-order valence-corrected chi connectivity index (χ1v) is 6.07. The largest absolute Gasteiger partial charge is 0.445 e. The van der Waals surface area contributed by atoms with E-state index in [1.54, 1.807) is 6.92 Å². The van der Waals surface area contributed by atoms with Gasteiger partial charge in [0.05, 0.1) is 17.8 Å². The average Bonchev–Trinajstić information content (AvgIpc) is 2.74. The average molecular weight is 251 g/mol. The zero-order valence-corrected chi connectivity index (χ0v) is 10.7. The molecule has 0 atom stereocenters. The molecule has 0 saturated heterocycles. The van der Waals surface area contributed by atoms with Crippen LogP contribution < -0.4 is 5.32 Å². The molecular formula is C11H13N3O2S. The smallest absolute Gasteiger partial charge is 0.233 e. The Morgan fingerprint density at radius 3 is 2.71 bits per heavy atom. The normalized spacial score (nSPS) is 10.5. The van der Waals surface area contributed by atoms with E-state index in [9.17, 15) is 4.79 Å². The fourth-order valence-electron chi connectivity index (χ4n) is 1.46. The van der Waals surface area contributed by atoms with Gasteiger partial charge in [-0.15, -0.1) is 11.3 Å². The minimum Gasteiger partial charge on any atom is -0.445 e. The van der Waals surface area contributed by atoms with Crippen LogP contribution in [0.25, 0.3) is 0 Å². The zero-order chi connectivity index (χ0) is 12.4. The number of anilines is 1. The van der Waals surface area contributed by atoms with Crippen LogP contribution in [0.2, 0.25) is 0 Å². The fraction of sp³-hybridized carbons (Fsp3) is 0.364. The van der Waals surface area contributed by atoms with Crippen molar-refractivity contribution in [3.05, 3.63) is 28.4 Å². The summed E-state index contributed by atoms with van der Waals surface area (Å²) in [6.07, 6.45) is 0.186. The maximum Gasteiger partial charge on any atom is 0.233 e. The number of carbonyl (C=O) groups excluding carboxylic acids is 1. The highest BCUT2D eigenvalue weighted by molar-refractivity contribution is 7.13. The van der Waals surface area contributed by atoms with Gasteiger partial charge in [0.15, 0.2) is 11.0 Å². The van der Waals surface area contributed by atoms with E-state index in [1.807, 2.05) is 19.2 Å². The van der Waals surface area contributed by atoms with E-state index in [4.69, 9.17) is 4.42 Å². The summed E-state index contributed by atoms with van der Waals surface area (Å²) in [5.74, 6) is 1.04. The molecule has 0 spiro atoms. The molecule has 2 heterocycles. The molecular weight excluding hydrogens is 238 g/mol. The van der Waals surface area contributed by atoms with Gasteiger partial charge in [-0.1, -0.05) is 0 Å². The van der Waals surface area contributed by atoms with Crippen LogP contribution in [0.15, 0.2) is 9.80 Å². The summed E-state index contributed by atoms with van der Waals surface area (Å²) in [7, 11) is 0. The van der Waals surface area contributed by atoms with E-state index < -0.39 is 0 Å². The molecule has 0 bridgehead atoms. The van der Waals surface area contributed by atoms with E-state index in [1.165, 1.54) is 11.3 Å². The van der Waals surface area contributed by atoms with Gasteiger partial charge in [0.25, 0.3) is 0 Å². The lowest BCUT2D eigenvalue weighted by Crippen LogP contribution is -2.14. The number of hydrogen-bond donors (Lipinski definition) is 1. The van der Waals surface area contributed by atoms with Gasteiger partial charge in [0.1, 0.15) is 5.76 Å². The van der Waals surface area contributed by atoms with Crippen molar-refractivity contribution < 1.29 is 9.21 Å².